The van der Waals surface area contributed by atoms with Crippen LogP contribution in [0, 0.1) is 6.92 Å². The average Bonchev–Trinajstić information content (AvgIpc) is 3.39. The molecular weight excluding hydrogens is 446 g/mol. The minimum absolute atomic E-state index is 0.0261. The highest BCUT2D eigenvalue weighted by Gasteiger charge is 2.23. The van der Waals surface area contributed by atoms with Crippen molar-refractivity contribution in [3.63, 3.8) is 0 Å². The van der Waals surface area contributed by atoms with Gasteiger partial charge in [0.1, 0.15) is 10.8 Å². The topological polar surface area (TPSA) is 71.0 Å². The fraction of sp³-hybridized carbons (Fsp3) is 0.273. The van der Waals surface area contributed by atoms with Gasteiger partial charge in [0.2, 0.25) is 0 Å². The normalized spacial score (nSPS) is 15.4. The molecular formula is C22H20ClN7OS. The number of aromatic nitrogens is 5. The summed E-state index contributed by atoms with van der Waals surface area (Å²) in [5, 5.41) is 8.11. The lowest BCUT2D eigenvalue weighted by atomic mass is 10.2. The van der Waals surface area contributed by atoms with Crippen LogP contribution in [0.3, 0.4) is 0 Å². The minimum atomic E-state index is -0.0261. The smallest absolute Gasteiger partial charge is 0.258 e. The molecule has 0 aliphatic carbocycles. The van der Waals surface area contributed by atoms with Gasteiger partial charge >= 0.3 is 0 Å². The highest BCUT2D eigenvalue weighted by molar-refractivity contribution is 7.15. The average molecular weight is 466 g/mol. The van der Waals surface area contributed by atoms with Crippen molar-refractivity contribution in [1.82, 2.24) is 28.9 Å². The molecule has 1 saturated heterocycles. The van der Waals surface area contributed by atoms with Gasteiger partial charge < -0.3 is 4.90 Å². The Labute approximate surface area is 192 Å². The zero-order chi connectivity index (χ0) is 21.8. The van der Waals surface area contributed by atoms with E-state index in [4.69, 9.17) is 16.6 Å². The van der Waals surface area contributed by atoms with Crippen molar-refractivity contribution in [2.75, 3.05) is 31.1 Å². The van der Waals surface area contributed by atoms with Gasteiger partial charge in [-0.2, -0.15) is 5.10 Å². The molecule has 0 N–H and O–H groups in total. The molecule has 0 bridgehead atoms. The number of aryl methyl sites for hydroxylation is 1. The number of fused-ring (bicyclic) bond motifs is 4. The van der Waals surface area contributed by atoms with Crippen LogP contribution in [-0.4, -0.2) is 55.1 Å². The van der Waals surface area contributed by atoms with Gasteiger partial charge in [0, 0.05) is 55.8 Å². The first-order chi connectivity index (χ1) is 15.6. The van der Waals surface area contributed by atoms with E-state index in [2.05, 4.69) is 32.0 Å². The predicted molar refractivity (Wildman–Crippen MR) is 127 cm³/mol. The number of benzene rings is 1. The van der Waals surface area contributed by atoms with E-state index < -0.39 is 0 Å². The molecule has 5 heterocycles. The summed E-state index contributed by atoms with van der Waals surface area (Å²) in [6.07, 6.45) is 1.76. The van der Waals surface area contributed by atoms with E-state index in [1.54, 1.807) is 16.7 Å². The maximum absolute atomic E-state index is 12.3. The molecule has 1 fully saturated rings. The van der Waals surface area contributed by atoms with E-state index in [-0.39, 0.29) is 5.56 Å². The SMILES string of the molecule is Cc1nn2c(nc(N3CCN(Cc4cc(=O)n5ccsc5n4)CC3)c3ccccc32)c1Cl. The maximum atomic E-state index is 12.3. The van der Waals surface area contributed by atoms with Gasteiger partial charge in [-0.05, 0) is 19.1 Å². The largest absolute Gasteiger partial charge is 0.353 e. The van der Waals surface area contributed by atoms with Crippen LogP contribution in [0.4, 0.5) is 5.82 Å². The predicted octanol–water partition coefficient (Wildman–Crippen LogP) is 3.24. The van der Waals surface area contributed by atoms with E-state index in [0.29, 0.717) is 17.2 Å². The summed E-state index contributed by atoms with van der Waals surface area (Å²) in [6, 6.07) is 9.81. The van der Waals surface area contributed by atoms with E-state index >= 15 is 0 Å². The molecule has 1 aliphatic rings. The van der Waals surface area contributed by atoms with Crippen molar-refractivity contribution in [1.29, 1.82) is 0 Å². The van der Waals surface area contributed by atoms with Crippen molar-refractivity contribution in [2.24, 2.45) is 0 Å². The van der Waals surface area contributed by atoms with Crippen LogP contribution in [0.5, 0.6) is 0 Å². The van der Waals surface area contributed by atoms with Crippen molar-refractivity contribution in [3.05, 3.63) is 68.7 Å². The number of nitrogens with zero attached hydrogens (tertiary/aromatic N) is 7. The molecule has 5 aromatic rings. The van der Waals surface area contributed by atoms with E-state index in [0.717, 1.165) is 59.2 Å². The van der Waals surface area contributed by atoms with Gasteiger partial charge in [-0.15, -0.1) is 11.3 Å². The number of hydrogen-bond acceptors (Lipinski definition) is 7. The zero-order valence-electron chi connectivity index (χ0n) is 17.4. The molecule has 0 radical (unpaired) electrons. The van der Waals surface area contributed by atoms with Gasteiger partial charge in [-0.3, -0.25) is 14.1 Å². The molecule has 0 amide bonds. The second kappa shape index (κ2) is 7.54. The summed E-state index contributed by atoms with van der Waals surface area (Å²) >= 11 is 7.99. The molecule has 8 nitrogen and oxygen atoms in total. The minimum Gasteiger partial charge on any atom is -0.353 e. The number of rotatable bonds is 3. The molecule has 0 atom stereocenters. The first-order valence-electron chi connectivity index (χ1n) is 10.4. The Morgan fingerprint density at radius 1 is 1.12 bits per heavy atom. The Kier molecular flexibility index (Phi) is 4.63. The first-order valence-corrected chi connectivity index (χ1v) is 11.7. The van der Waals surface area contributed by atoms with Crippen LogP contribution in [0.15, 0.2) is 46.7 Å². The van der Waals surface area contributed by atoms with Crippen LogP contribution in [0.2, 0.25) is 5.02 Å². The lowest BCUT2D eigenvalue weighted by Gasteiger charge is -2.35. The van der Waals surface area contributed by atoms with Crippen LogP contribution in [-0.2, 0) is 6.54 Å². The number of piperazine rings is 1. The lowest BCUT2D eigenvalue weighted by molar-refractivity contribution is 0.247. The fourth-order valence-electron chi connectivity index (χ4n) is 4.33. The molecule has 32 heavy (non-hydrogen) atoms. The van der Waals surface area contributed by atoms with Gasteiger partial charge in [0.25, 0.3) is 5.56 Å². The molecule has 0 unspecified atom stereocenters. The summed E-state index contributed by atoms with van der Waals surface area (Å²) in [7, 11) is 0. The van der Waals surface area contributed by atoms with Crippen LogP contribution >= 0.6 is 22.9 Å². The monoisotopic (exact) mass is 465 g/mol. The number of para-hydroxylation sites is 1. The van der Waals surface area contributed by atoms with Crippen molar-refractivity contribution in [2.45, 2.75) is 13.5 Å². The maximum Gasteiger partial charge on any atom is 0.258 e. The summed E-state index contributed by atoms with van der Waals surface area (Å²) < 4.78 is 3.42. The number of anilines is 1. The van der Waals surface area contributed by atoms with E-state index in [9.17, 15) is 4.79 Å². The Morgan fingerprint density at radius 3 is 2.78 bits per heavy atom. The van der Waals surface area contributed by atoms with Crippen LogP contribution in [0.25, 0.3) is 21.5 Å². The van der Waals surface area contributed by atoms with Gasteiger partial charge in [-0.25, -0.2) is 14.5 Å². The molecule has 6 rings (SSSR count). The highest BCUT2D eigenvalue weighted by Crippen LogP contribution is 2.30. The Morgan fingerprint density at radius 2 is 1.94 bits per heavy atom. The second-order valence-electron chi connectivity index (χ2n) is 7.99. The summed E-state index contributed by atoms with van der Waals surface area (Å²) in [6.45, 7) is 5.95. The van der Waals surface area contributed by atoms with Gasteiger partial charge in [0.05, 0.1) is 16.9 Å². The first kappa shape index (κ1) is 19.7. The van der Waals surface area contributed by atoms with Crippen molar-refractivity contribution < 1.29 is 0 Å². The van der Waals surface area contributed by atoms with Crippen molar-refractivity contribution >= 4 is 50.3 Å². The quantitative estimate of drug-likeness (QED) is 0.407. The highest BCUT2D eigenvalue weighted by atomic mass is 35.5. The third-order valence-corrected chi connectivity index (χ3v) is 7.16. The van der Waals surface area contributed by atoms with Gasteiger partial charge in [0.15, 0.2) is 10.6 Å². The van der Waals surface area contributed by atoms with Crippen LogP contribution < -0.4 is 10.5 Å². The summed E-state index contributed by atoms with van der Waals surface area (Å²) in [5.74, 6) is 0.936. The van der Waals surface area contributed by atoms with Gasteiger partial charge in [-0.1, -0.05) is 23.7 Å². The molecule has 10 heteroatoms. The molecule has 4 aromatic heterocycles. The molecule has 1 aromatic carbocycles. The summed E-state index contributed by atoms with van der Waals surface area (Å²) in [4.78, 5) is 27.2. The molecule has 0 saturated carbocycles. The Hall–Kier alpha value is -3.01. The molecule has 162 valence electrons. The van der Waals surface area contributed by atoms with Crippen molar-refractivity contribution in [3.8, 4) is 0 Å². The zero-order valence-corrected chi connectivity index (χ0v) is 19.0. The van der Waals surface area contributed by atoms with E-state index in [1.165, 1.54) is 11.3 Å². The number of halogens is 1. The molecule has 1 aliphatic heterocycles. The second-order valence-corrected chi connectivity index (χ2v) is 9.24. The van der Waals surface area contributed by atoms with Crippen LogP contribution in [0.1, 0.15) is 11.4 Å². The van der Waals surface area contributed by atoms with E-state index in [1.807, 2.05) is 29.0 Å². The fourth-order valence-corrected chi connectivity index (χ4v) is 5.22. The molecule has 0 spiro atoms. The summed E-state index contributed by atoms with van der Waals surface area (Å²) in [5.41, 5.74) is 3.25. The number of thiazole rings is 1. The standard InChI is InChI=1S/C22H20ClN7OS/c1-14-19(23)21-25-20(16-4-2-3-5-17(16)30(21)26-14)28-8-6-27(7-9-28)13-15-12-18(31)29-10-11-32-22(29)24-15/h2-5,10-12H,6-9,13H2,1H3. The third-order valence-electron chi connectivity index (χ3n) is 5.96. The lowest BCUT2D eigenvalue weighted by Crippen LogP contribution is -2.46. The third kappa shape index (κ3) is 3.16. The Bertz CT molecular complexity index is 1530. The Balaban J connectivity index is 1.27. The number of hydrogen-bond donors (Lipinski definition) is 0.